The lowest BCUT2D eigenvalue weighted by Crippen LogP contribution is -2.52. The molecule has 9 nitrogen and oxygen atoms in total. The zero-order chi connectivity index (χ0) is 22.0. The minimum absolute atomic E-state index is 0. The SMILES string of the molecule is CCCN(CCN=C(NCC)N1CCN(Cc2ccon2)CC1)C(=O)OC(C)(C)C.I. The van der Waals surface area contributed by atoms with E-state index in [9.17, 15) is 4.79 Å². The standard InChI is InChI=1S/C21H38N6O3.HI/c1-6-10-27(20(28)30-21(3,4)5)11-9-23-19(22-7-2)26-14-12-25(13-15-26)17-18-8-16-29-24-18;/h8,16H,6-7,9-15,17H2,1-5H3,(H,22,23);1H. The van der Waals surface area contributed by atoms with Gasteiger partial charge in [0, 0.05) is 58.4 Å². The molecular formula is C21H39IN6O3. The number of ether oxygens (including phenoxy) is 1. The van der Waals surface area contributed by atoms with Gasteiger partial charge in [-0.05, 0) is 34.1 Å². The highest BCUT2D eigenvalue weighted by Crippen LogP contribution is 2.11. The number of nitrogens with one attached hydrogen (secondary N) is 1. The van der Waals surface area contributed by atoms with E-state index < -0.39 is 5.60 Å². The number of nitrogens with zero attached hydrogens (tertiary/aromatic N) is 5. The van der Waals surface area contributed by atoms with E-state index in [2.05, 4.69) is 34.1 Å². The van der Waals surface area contributed by atoms with Crippen LogP contribution >= 0.6 is 24.0 Å². The van der Waals surface area contributed by atoms with Gasteiger partial charge in [0.1, 0.15) is 11.9 Å². The minimum atomic E-state index is -0.493. The van der Waals surface area contributed by atoms with Crippen molar-refractivity contribution in [1.82, 2.24) is 25.2 Å². The second kappa shape index (κ2) is 13.8. The van der Waals surface area contributed by atoms with Crippen molar-refractivity contribution < 1.29 is 14.1 Å². The van der Waals surface area contributed by atoms with Gasteiger partial charge in [-0.2, -0.15) is 0 Å². The van der Waals surface area contributed by atoms with Crippen LogP contribution in [0.25, 0.3) is 0 Å². The van der Waals surface area contributed by atoms with Crippen molar-refractivity contribution in [2.75, 3.05) is 52.4 Å². The zero-order valence-corrected chi connectivity index (χ0v) is 21.9. The van der Waals surface area contributed by atoms with Crippen LogP contribution in [0, 0.1) is 0 Å². The fraction of sp³-hybridized carbons (Fsp3) is 0.762. The normalized spacial score (nSPS) is 15.4. The molecule has 1 aromatic heterocycles. The van der Waals surface area contributed by atoms with E-state index in [4.69, 9.17) is 14.3 Å². The highest BCUT2D eigenvalue weighted by Gasteiger charge is 2.22. The molecule has 2 heterocycles. The van der Waals surface area contributed by atoms with Crippen LogP contribution in [0.3, 0.4) is 0 Å². The van der Waals surface area contributed by atoms with Crippen LogP contribution in [-0.4, -0.2) is 89.9 Å². The largest absolute Gasteiger partial charge is 0.444 e. The molecule has 10 heteroatoms. The Morgan fingerprint density at radius 2 is 1.97 bits per heavy atom. The van der Waals surface area contributed by atoms with Crippen LogP contribution < -0.4 is 5.32 Å². The first-order valence-corrected chi connectivity index (χ1v) is 10.9. The van der Waals surface area contributed by atoms with Gasteiger partial charge in [-0.15, -0.1) is 24.0 Å². The zero-order valence-electron chi connectivity index (χ0n) is 19.6. The molecule has 0 atom stereocenters. The summed E-state index contributed by atoms with van der Waals surface area (Å²) in [5, 5.41) is 7.37. The minimum Gasteiger partial charge on any atom is -0.444 e. The van der Waals surface area contributed by atoms with Gasteiger partial charge in [0.05, 0.1) is 12.2 Å². The topological polar surface area (TPSA) is 86.4 Å². The second-order valence-corrected chi connectivity index (χ2v) is 8.46. The third-order valence-corrected chi connectivity index (χ3v) is 4.66. The Hall–Kier alpha value is -1.56. The van der Waals surface area contributed by atoms with Gasteiger partial charge >= 0.3 is 6.09 Å². The van der Waals surface area contributed by atoms with E-state index in [1.807, 2.05) is 26.8 Å². The number of rotatable bonds is 8. The molecule has 0 spiro atoms. The second-order valence-electron chi connectivity index (χ2n) is 8.46. The number of hydrogen-bond acceptors (Lipinski definition) is 6. The monoisotopic (exact) mass is 550 g/mol. The summed E-state index contributed by atoms with van der Waals surface area (Å²) in [6, 6.07) is 1.91. The van der Waals surface area contributed by atoms with Crippen LogP contribution in [-0.2, 0) is 11.3 Å². The van der Waals surface area contributed by atoms with E-state index >= 15 is 0 Å². The lowest BCUT2D eigenvalue weighted by molar-refractivity contribution is 0.0255. The first-order chi connectivity index (χ1) is 14.3. The fourth-order valence-electron chi connectivity index (χ4n) is 3.26. The number of hydrogen-bond donors (Lipinski definition) is 1. The molecule has 1 aromatic rings. The Kier molecular flexibility index (Phi) is 12.2. The molecule has 0 unspecified atom stereocenters. The average Bonchev–Trinajstić information content (AvgIpc) is 3.19. The van der Waals surface area contributed by atoms with Crippen molar-refractivity contribution in [2.24, 2.45) is 4.99 Å². The van der Waals surface area contributed by atoms with Crippen molar-refractivity contribution in [3.05, 3.63) is 18.0 Å². The maximum Gasteiger partial charge on any atom is 0.410 e. The Morgan fingerprint density at radius 1 is 1.26 bits per heavy atom. The lowest BCUT2D eigenvalue weighted by atomic mass is 10.2. The molecule has 0 aliphatic carbocycles. The molecule has 1 aliphatic rings. The highest BCUT2D eigenvalue weighted by molar-refractivity contribution is 14.0. The number of carbonyl (C=O) groups is 1. The number of carbonyl (C=O) groups excluding carboxylic acids is 1. The number of piperazine rings is 1. The number of aliphatic imine (C=N–C) groups is 1. The van der Waals surface area contributed by atoms with E-state index in [0.717, 1.165) is 57.3 Å². The van der Waals surface area contributed by atoms with Crippen LogP contribution in [0.15, 0.2) is 21.8 Å². The van der Waals surface area contributed by atoms with Gasteiger partial charge in [-0.1, -0.05) is 12.1 Å². The molecule has 31 heavy (non-hydrogen) atoms. The molecule has 1 fully saturated rings. The number of halogens is 1. The predicted octanol–water partition coefficient (Wildman–Crippen LogP) is 3.02. The van der Waals surface area contributed by atoms with Gasteiger partial charge in [0.25, 0.3) is 0 Å². The van der Waals surface area contributed by atoms with E-state index in [1.54, 1.807) is 11.2 Å². The lowest BCUT2D eigenvalue weighted by Gasteiger charge is -2.36. The van der Waals surface area contributed by atoms with Crippen LogP contribution in [0.5, 0.6) is 0 Å². The van der Waals surface area contributed by atoms with Crippen molar-refractivity contribution >= 4 is 36.0 Å². The van der Waals surface area contributed by atoms with Gasteiger partial charge < -0.3 is 24.4 Å². The summed E-state index contributed by atoms with van der Waals surface area (Å²) in [6.07, 6.45) is 2.22. The molecule has 0 bridgehead atoms. The quantitative estimate of drug-likeness (QED) is 0.303. The first kappa shape index (κ1) is 27.5. The molecule has 1 aliphatic heterocycles. The van der Waals surface area contributed by atoms with Crippen molar-refractivity contribution in [1.29, 1.82) is 0 Å². The molecular weight excluding hydrogens is 511 g/mol. The van der Waals surface area contributed by atoms with Crippen LogP contribution in [0.2, 0.25) is 0 Å². The molecule has 1 saturated heterocycles. The first-order valence-electron chi connectivity index (χ1n) is 10.9. The summed E-state index contributed by atoms with van der Waals surface area (Å²) in [5.41, 5.74) is 0.467. The van der Waals surface area contributed by atoms with Crippen LogP contribution in [0.4, 0.5) is 4.79 Å². The molecule has 2 rings (SSSR count). The summed E-state index contributed by atoms with van der Waals surface area (Å²) >= 11 is 0. The summed E-state index contributed by atoms with van der Waals surface area (Å²) in [6.45, 7) is 16.8. The number of amides is 1. The number of guanidine groups is 1. The van der Waals surface area contributed by atoms with Crippen molar-refractivity contribution in [2.45, 2.75) is 53.2 Å². The fourth-order valence-corrected chi connectivity index (χ4v) is 3.26. The summed E-state index contributed by atoms with van der Waals surface area (Å²) in [4.78, 5) is 23.6. The predicted molar refractivity (Wildman–Crippen MR) is 133 cm³/mol. The maximum absolute atomic E-state index is 12.4. The Bertz CT molecular complexity index is 655. The van der Waals surface area contributed by atoms with Gasteiger partial charge in [0.2, 0.25) is 0 Å². The Balaban J connectivity index is 0.00000480. The van der Waals surface area contributed by atoms with Crippen molar-refractivity contribution in [3.63, 3.8) is 0 Å². The third kappa shape index (κ3) is 10.1. The Morgan fingerprint density at radius 3 is 2.52 bits per heavy atom. The summed E-state index contributed by atoms with van der Waals surface area (Å²) in [5.74, 6) is 0.902. The molecule has 178 valence electrons. The van der Waals surface area contributed by atoms with Gasteiger partial charge in [-0.25, -0.2) is 4.79 Å². The average molecular weight is 550 g/mol. The van der Waals surface area contributed by atoms with E-state index in [0.29, 0.717) is 19.6 Å². The smallest absolute Gasteiger partial charge is 0.410 e. The summed E-state index contributed by atoms with van der Waals surface area (Å²) < 4.78 is 10.4. The Labute approximate surface area is 203 Å². The van der Waals surface area contributed by atoms with Gasteiger partial charge in [-0.3, -0.25) is 9.89 Å². The van der Waals surface area contributed by atoms with Gasteiger partial charge in [0.15, 0.2) is 5.96 Å². The van der Waals surface area contributed by atoms with E-state index in [-0.39, 0.29) is 30.1 Å². The van der Waals surface area contributed by atoms with Crippen LogP contribution in [0.1, 0.15) is 46.7 Å². The number of aromatic nitrogens is 1. The molecule has 0 aromatic carbocycles. The molecule has 0 radical (unpaired) electrons. The maximum atomic E-state index is 12.4. The summed E-state index contributed by atoms with van der Waals surface area (Å²) in [7, 11) is 0. The molecule has 0 saturated carbocycles. The highest BCUT2D eigenvalue weighted by atomic mass is 127. The van der Waals surface area contributed by atoms with E-state index in [1.165, 1.54) is 0 Å². The third-order valence-electron chi connectivity index (χ3n) is 4.66. The molecule has 1 amide bonds. The molecule has 1 N–H and O–H groups in total. The van der Waals surface area contributed by atoms with Crippen molar-refractivity contribution in [3.8, 4) is 0 Å².